The molecule has 1 amide bonds. The van der Waals surface area contributed by atoms with Crippen LogP contribution >= 0.6 is 0 Å². The highest BCUT2D eigenvalue weighted by molar-refractivity contribution is 5.76. The van der Waals surface area contributed by atoms with E-state index in [1.165, 1.54) is 0 Å². The minimum Gasteiger partial charge on any atom is -0.395 e. The van der Waals surface area contributed by atoms with Crippen LogP contribution in [0.4, 0.5) is 0 Å². The number of rotatable bonds is 6. The molecule has 1 aromatic heterocycles. The average Bonchev–Trinajstić information content (AvgIpc) is 3.10. The second kappa shape index (κ2) is 8.08. The number of aliphatic hydroxyl groups is 1. The van der Waals surface area contributed by atoms with Crippen LogP contribution in [0, 0.1) is 0 Å². The van der Waals surface area contributed by atoms with Crippen LogP contribution in [0.1, 0.15) is 12.0 Å². The Kier molecular flexibility index (Phi) is 5.61. The molecule has 1 fully saturated rings. The van der Waals surface area contributed by atoms with Crippen molar-refractivity contribution < 1.29 is 9.90 Å². The van der Waals surface area contributed by atoms with Gasteiger partial charge in [-0.05, 0) is 24.1 Å². The summed E-state index contributed by atoms with van der Waals surface area (Å²) >= 11 is 0. The minimum atomic E-state index is 0.180. The van der Waals surface area contributed by atoms with Gasteiger partial charge in [0.1, 0.15) is 0 Å². The number of piperazine rings is 1. The van der Waals surface area contributed by atoms with Crippen LogP contribution in [-0.2, 0) is 11.2 Å². The molecule has 6 nitrogen and oxygen atoms in total. The molecule has 0 unspecified atom stereocenters. The Morgan fingerprint density at radius 2 is 1.88 bits per heavy atom. The Morgan fingerprint density at radius 3 is 2.58 bits per heavy atom. The number of β-amino-alcohol motifs (C(OH)–C–C–N with tert-alkyl or cyclic N) is 1. The highest BCUT2D eigenvalue weighted by Crippen LogP contribution is 2.11. The van der Waals surface area contributed by atoms with Crippen molar-refractivity contribution in [2.75, 3.05) is 39.3 Å². The van der Waals surface area contributed by atoms with Gasteiger partial charge in [-0.2, -0.15) is 5.10 Å². The van der Waals surface area contributed by atoms with E-state index in [1.807, 2.05) is 52.3 Å². The summed E-state index contributed by atoms with van der Waals surface area (Å²) in [5.74, 6) is 0.200. The molecule has 3 rings (SSSR count). The molecular formula is C18H24N4O2. The highest BCUT2D eigenvalue weighted by Gasteiger charge is 2.20. The van der Waals surface area contributed by atoms with Crippen molar-refractivity contribution in [1.29, 1.82) is 0 Å². The SMILES string of the molecule is O=C(CCc1cnn(-c2ccccc2)c1)N1CCN(CCO)CC1. The molecule has 1 aliphatic heterocycles. The van der Waals surface area contributed by atoms with E-state index in [0.29, 0.717) is 19.4 Å². The van der Waals surface area contributed by atoms with E-state index in [-0.39, 0.29) is 12.5 Å². The molecule has 128 valence electrons. The largest absolute Gasteiger partial charge is 0.395 e. The summed E-state index contributed by atoms with van der Waals surface area (Å²) in [5.41, 5.74) is 2.10. The Morgan fingerprint density at radius 1 is 1.12 bits per heavy atom. The summed E-state index contributed by atoms with van der Waals surface area (Å²) in [4.78, 5) is 16.5. The quantitative estimate of drug-likeness (QED) is 0.857. The van der Waals surface area contributed by atoms with Crippen LogP contribution in [0.25, 0.3) is 5.69 Å². The molecule has 1 aromatic carbocycles. The zero-order valence-corrected chi connectivity index (χ0v) is 13.8. The summed E-state index contributed by atoms with van der Waals surface area (Å²) in [6.45, 7) is 4.07. The van der Waals surface area contributed by atoms with Crippen molar-refractivity contribution in [3.63, 3.8) is 0 Å². The first-order valence-electron chi connectivity index (χ1n) is 8.46. The monoisotopic (exact) mass is 328 g/mol. The molecule has 1 aliphatic rings. The number of aryl methyl sites for hydroxylation is 1. The lowest BCUT2D eigenvalue weighted by Crippen LogP contribution is -2.49. The third kappa shape index (κ3) is 4.21. The Bertz CT molecular complexity index is 648. The lowest BCUT2D eigenvalue weighted by molar-refractivity contribution is -0.132. The molecule has 0 bridgehead atoms. The molecule has 0 saturated carbocycles. The van der Waals surface area contributed by atoms with Gasteiger partial charge in [-0.3, -0.25) is 9.69 Å². The molecule has 1 N–H and O–H groups in total. The first-order valence-corrected chi connectivity index (χ1v) is 8.46. The number of aliphatic hydroxyl groups excluding tert-OH is 1. The lowest BCUT2D eigenvalue weighted by Gasteiger charge is -2.34. The number of amides is 1. The topological polar surface area (TPSA) is 61.6 Å². The summed E-state index contributed by atoms with van der Waals surface area (Å²) in [7, 11) is 0. The van der Waals surface area contributed by atoms with Crippen molar-refractivity contribution >= 4 is 5.91 Å². The number of hydrogen-bond acceptors (Lipinski definition) is 4. The minimum absolute atomic E-state index is 0.180. The van der Waals surface area contributed by atoms with Gasteiger partial charge < -0.3 is 10.0 Å². The number of para-hydroxylation sites is 1. The maximum atomic E-state index is 12.3. The molecule has 6 heteroatoms. The standard InChI is InChI=1S/C18H24N4O2/c23-13-12-20-8-10-21(11-9-20)18(24)7-6-16-14-19-22(15-16)17-4-2-1-3-5-17/h1-5,14-15,23H,6-13H2. The second-order valence-corrected chi connectivity index (χ2v) is 6.07. The Hall–Kier alpha value is -2.18. The van der Waals surface area contributed by atoms with Crippen LogP contribution in [0.3, 0.4) is 0 Å². The van der Waals surface area contributed by atoms with Crippen molar-refractivity contribution in [2.45, 2.75) is 12.8 Å². The maximum Gasteiger partial charge on any atom is 0.222 e. The summed E-state index contributed by atoms with van der Waals surface area (Å²) in [6, 6.07) is 9.96. The fourth-order valence-corrected chi connectivity index (χ4v) is 2.98. The predicted molar refractivity (Wildman–Crippen MR) is 92.0 cm³/mol. The average molecular weight is 328 g/mol. The van der Waals surface area contributed by atoms with E-state index in [2.05, 4.69) is 10.00 Å². The molecule has 0 spiro atoms. The smallest absolute Gasteiger partial charge is 0.222 e. The van der Waals surface area contributed by atoms with Crippen molar-refractivity contribution in [2.24, 2.45) is 0 Å². The number of carbonyl (C=O) groups excluding carboxylic acids is 1. The van der Waals surface area contributed by atoms with E-state index in [4.69, 9.17) is 5.11 Å². The van der Waals surface area contributed by atoms with Crippen molar-refractivity contribution in [3.8, 4) is 5.69 Å². The molecule has 1 saturated heterocycles. The van der Waals surface area contributed by atoms with Crippen LogP contribution in [0.2, 0.25) is 0 Å². The zero-order valence-electron chi connectivity index (χ0n) is 13.8. The lowest BCUT2D eigenvalue weighted by atomic mass is 10.1. The van der Waals surface area contributed by atoms with Crippen LogP contribution in [-0.4, -0.2) is 69.9 Å². The fraction of sp³-hybridized carbons (Fsp3) is 0.444. The van der Waals surface area contributed by atoms with Crippen LogP contribution in [0.15, 0.2) is 42.7 Å². The van der Waals surface area contributed by atoms with Gasteiger partial charge in [-0.15, -0.1) is 0 Å². The number of carbonyl (C=O) groups is 1. The molecule has 0 aliphatic carbocycles. The van der Waals surface area contributed by atoms with Gasteiger partial charge in [-0.1, -0.05) is 18.2 Å². The van der Waals surface area contributed by atoms with Crippen LogP contribution < -0.4 is 0 Å². The molecule has 2 aromatic rings. The van der Waals surface area contributed by atoms with Gasteiger partial charge in [-0.25, -0.2) is 4.68 Å². The third-order valence-electron chi connectivity index (χ3n) is 4.43. The van der Waals surface area contributed by atoms with Gasteiger partial charge in [0.05, 0.1) is 18.5 Å². The van der Waals surface area contributed by atoms with Gasteiger partial charge >= 0.3 is 0 Å². The van der Waals surface area contributed by atoms with Gasteiger partial charge in [0.15, 0.2) is 0 Å². The molecule has 0 atom stereocenters. The first kappa shape index (κ1) is 16.7. The van der Waals surface area contributed by atoms with Gasteiger partial charge in [0.2, 0.25) is 5.91 Å². The molecule has 0 radical (unpaired) electrons. The van der Waals surface area contributed by atoms with E-state index >= 15 is 0 Å². The van der Waals surface area contributed by atoms with Gasteiger partial charge in [0, 0.05) is 45.3 Å². The van der Waals surface area contributed by atoms with E-state index in [1.54, 1.807) is 0 Å². The fourth-order valence-electron chi connectivity index (χ4n) is 2.98. The van der Waals surface area contributed by atoms with E-state index in [9.17, 15) is 4.79 Å². The number of benzene rings is 1. The van der Waals surface area contributed by atoms with E-state index in [0.717, 1.165) is 37.4 Å². The summed E-state index contributed by atoms with van der Waals surface area (Å²) in [6.07, 6.45) is 5.05. The number of hydrogen-bond donors (Lipinski definition) is 1. The predicted octanol–water partition coefficient (Wildman–Crippen LogP) is 0.941. The zero-order chi connectivity index (χ0) is 16.8. The summed E-state index contributed by atoms with van der Waals surface area (Å²) in [5, 5.41) is 13.3. The number of nitrogens with zero attached hydrogens (tertiary/aromatic N) is 4. The molecule has 2 heterocycles. The van der Waals surface area contributed by atoms with E-state index < -0.39 is 0 Å². The third-order valence-corrected chi connectivity index (χ3v) is 4.43. The van der Waals surface area contributed by atoms with Gasteiger partial charge in [0.25, 0.3) is 0 Å². The van der Waals surface area contributed by atoms with Crippen molar-refractivity contribution in [1.82, 2.24) is 19.6 Å². The molecule has 24 heavy (non-hydrogen) atoms. The van der Waals surface area contributed by atoms with Crippen LogP contribution in [0.5, 0.6) is 0 Å². The highest BCUT2D eigenvalue weighted by atomic mass is 16.3. The maximum absolute atomic E-state index is 12.3. The number of aromatic nitrogens is 2. The molecular weight excluding hydrogens is 304 g/mol. The van der Waals surface area contributed by atoms with Crippen molar-refractivity contribution in [3.05, 3.63) is 48.3 Å². The first-order chi connectivity index (χ1) is 11.8. The Balaban J connectivity index is 1.48. The summed E-state index contributed by atoms with van der Waals surface area (Å²) < 4.78 is 1.84. The second-order valence-electron chi connectivity index (χ2n) is 6.07. The normalized spacial score (nSPS) is 15.6. The Labute approximate surface area is 142 Å².